The van der Waals surface area contributed by atoms with E-state index in [9.17, 15) is 9.90 Å². The molecule has 0 radical (unpaired) electrons. The van der Waals surface area contributed by atoms with Gasteiger partial charge in [0.2, 0.25) is 0 Å². The number of rotatable bonds is 2. The molecule has 1 heterocycles. The van der Waals surface area contributed by atoms with E-state index in [0.717, 1.165) is 0 Å². The Morgan fingerprint density at radius 2 is 1.78 bits per heavy atom. The molecule has 0 aliphatic carbocycles. The normalized spacial score (nSPS) is 22.6. The van der Waals surface area contributed by atoms with Crippen LogP contribution in [-0.2, 0) is 9.47 Å². The van der Waals surface area contributed by atoms with Gasteiger partial charge in [0.15, 0.2) is 5.79 Å². The quantitative estimate of drug-likeness (QED) is 0.780. The first-order valence-corrected chi connectivity index (χ1v) is 6.03. The van der Waals surface area contributed by atoms with Crippen molar-refractivity contribution < 1.29 is 19.4 Å². The molecule has 0 unspecified atom stereocenters. The van der Waals surface area contributed by atoms with E-state index >= 15 is 0 Å². The third kappa shape index (κ3) is 3.83. The zero-order chi connectivity index (χ0) is 14.2. The van der Waals surface area contributed by atoms with Crippen LogP contribution in [0, 0.1) is 0 Å². The molecule has 1 saturated heterocycles. The average molecular weight is 260 g/mol. The molecular formula is C12H24N2O4. The van der Waals surface area contributed by atoms with E-state index in [2.05, 4.69) is 0 Å². The second kappa shape index (κ2) is 4.68. The van der Waals surface area contributed by atoms with E-state index in [1.807, 2.05) is 34.6 Å². The van der Waals surface area contributed by atoms with Crippen molar-refractivity contribution in [1.29, 1.82) is 0 Å². The van der Waals surface area contributed by atoms with E-state index in [1.165, 1.54) is 4.90 Å². The number of carboxylic acid groups (broad SMARTS) is 1. The minimum Gasteiger partial charge on any atom is -0.465 e. The zero-order valence-corrected chi connectivity index (χ0v) is 11.8. The maximum atomic E-state index is 11.3. The molecular weight excluding hydrogens is 236 g/mol. The van der Waals surface area contributed by atoms with Gasteiger partial charge in [-0.2, -0.15) is 0 Å². The Balaban J connectivity index is 2.73. The molecule has 0 aromatic heterocycles. The van der Waals surface area contributed by atoms with E-state index in [0.29, 0.717) is 0 Å². The third-order valence-electron chi connectivity index (χ3n) is 2.93. The predicted molar refractivity (Wildman–Crippen MR) is 67.4 cm³/mol. The summed E-state index contributed by atoms with van der Waals surface area (Å²) in [5, 5.41) is 9.25. The van der Waals surface area contributed by atoms with Crippen LogP contribution in [0.4, 0.5) is 4.79 Å². The molecule has 0 aromatic rings. The lowest BCUT2D eigenvalue weighted by molar-refractivity contribution is -0.268. The maximum absolute atomic E-state index is 11.3. The van der Waals surface area contributed by atoms with Crippen molar-refractivity contribution in [3.05, 3.63) is 0 Å². The van der Waals surface area contributed by atoms with Crippen LogP contribution >= 0.6 is 0 Å². The van der Waals surface area contributed by atoms with Crippen LogP contribution in [0.3, 0.4) is 0 Å². The fraction of sp³-hybridized carbons (Fsp3) is 0.917. The molecule has 18 heavy (non-hydrogen) atoms. The molecule has 0 bridgehead atoms. The van der Waals surface area contributed by atoms with Crippen LogP contribution in [0.25, 0.3) is 0 Å². The lowest BCUT2D eigenvalue weighted by Crippen LogP contribution is -2.65. The number of hydrogen-bond acceptors (Lipinski definition) is 4. The number of nitrogens with two attached hydrogens (primary N) is 1. The second-order valence-electron chi connectivity index (χ2n) is 6.38. The Bertz CT molecular complexity index is 313. The molecule has 3 N–H and O–H groups in total. The van der Waals surface area contributed by atoms with Crippen LogP contribution in [0.2, 0.25) is 0 Å². The number of nitrogens with zero attached hydrogens (tertiary/aromatic N) is 1. The Labute approximate surface area is 108 Å². The number of carbonyl (C=O) groups is 1. The highest BCUT2D eigenvalue weighted by Crippen LogP contribution is 2.25. The number of amides is 1. The summed E-state index contributed by atoms with van der Waals surface area (Å²) in [6.45, 7) is 9.86. The smallest absolute Gasteiger partial charge is 0.407 e. The van der Waals surface area contributed by atoms with Gasteiger partial charge in [0.05, 0.1) is 18.8 Å². The van der Waals surface area contributed by atoms with E-state index < -0.39 is 23.0 Å². The van der Waals surface area contributed by atoms with Gasteiger partial charge < -0.3 is 25.2 Å². The van der Waals surface area contributed by atoms with Crippen molar-refractivity contribution in [3.8, 4) is 0 Å². The summed E-state index contributed by atoms with van der Waals surface area (Å²) in [6.07, 6.45) is -0.989. The van der Waals surface area contributed by atoms with Crippen molar-refractivity contribution in [1.82, 2.24) is 4.90 Å². The summed E-state index contributed by atoms with van der Waals surface area (Å²) < 4.78 is 11.0. The van der Waals surface area contributed by atoms with Gasteiger partial charge in [-0.15, -0.1) is 0 Å². The lowest BCUT2D eigenvalue weighted by Gasteiger charge is -2.45. The first-order chi connectivity index (χ1) is 7.95. The Morgan fingerprint density at radius 1 is 1.33 bits per heavy atom. The molecule has 1 aliphatic heterocycles. The van der Waals surface area contributed by atoms with Gasteiger partial charge in [-0.25, -0.2) is 4.79 Å². The van der Waals surface area contributed by atoms with Crippen LogP contribution in [0.5, 0.6) is 0 Å². The fourth-order valence-corrected chi connectivity index (χ4v) is 1.72. The summed E-state index contributed by atoms with van der Waals surface area (Å²) in [4.78, 5) is 12.6. The van der Waals surface area contributed by atoms with Crippen molar-refractivity contribution >= 4 is 6.09 Å². The average Bonchev–Trinajstić information content (AvgIpc) is 2.18. The zero-order valence-electron chi connectivity index (χ0n) is 11.8. The Morgan fingerprint density at radius 3 is 2.11 bits per heavy atom. The molecule has 0 saturated carbocycles. The molecule has 1 amide bonds. The highest BCUT2D eigenvalue weighted by molar-refractivity contribution is 5.66. The number of ether oxygens (including phenoxy) is 2. The van der Waals surface area contributed by atoms with E-state index in [1.54, 1.807) is 0 Å². The highest BCUT2D eigenvalue weighted by atomic mass is 16.7. The molecule has 0 spiro atoms. The summed E-state index contributed by atoms with van der Waals surface area (Å²) in [5.74, 6) is -0.654. The van der Waals surface area contributed by atoms with Gasteiger partial charge >= 0.3 is 6.09 Å². The largest absolute Gasteiger partial charge is 0.465 e. The maximum Gasteiger partial charge on any atom is 0.407 e. The molecule has 0 aromatic carbocycles. The van der Waals surface area contributed by atoms with Crippen molar-refractivity contribution in [3.63, 3.8) is 0 Å². The summed E-state index contributed by atoms with van der Waals surface area (Å²) in [7, 11) is 0. The van der Waals surface area contributed by atoms with Gasteiger partial charge in [-0.3, -0.25) is 0 Å². The Hall–Kier alpha value is -0.850. The molecule has 6 heteroatoms. The number of hydrogen-bond donors (Lipinski definition) is 2. The standard InChI is InChI=1S/C12H24N2O4/c1-10(2,3)14(9(15)16)6-12(13)7-17-11(4,5)18-8-12/h6-8,13H2,1-5H3,(H,15,16). The van der Waals surface area contributed by atoms with Crippen molar-refractivity contribution in [2.24, 2.45) is 5.73 Å². The topological polar surface area (TPSA) is 85.0 Å². The Kier molecular flexibility index (Phi) is 3.95. The van der Waals surface area contributed by atoms with Gasteiger partial charge in [-0.05, 0) is 34.6 Å². The summed E-state index contributed by atoms with van der Waals surface area (Å²) in [5.41, 5.74) is 4.85. The third-order valence-corrected chi connectivity index (χ3v) is 2.93. The summed E-state index contributed by atoms with van der Waals surface area (Å²) >= 11 is 0. The highest BCUT2D eigenvalue weighted by Gasteiger charge is 2.41. The van der Waals surface area contributed by atoms with E-state index in [4.69, 9.17) is 15.2 Å². The lowest BCUT2D eigenvalue weighted by atomic mass is 9.97. The molecule has 0 atom stereocenters. The first-order valence-electron chi connectivity index (χ1n) is 6.03. The fourth-order valence-electron chi connectivity index (χ4n) is 1.72. The molecule has 106 valence electrons. The molecule has 6 nitrogen and oxygen atoms in total. The molecule has 1 rings (SSSR count). The first kappa shape index (κ1) is 15.2. The minimum absolute atomic E-state index is 0.182. The minimum atomic E-state index is -0.989. The predicted octanol–water partition coefficient (Wildman–Crippen LogP) is 1.25. The van der Waals surface area contributed by atoms with Crippen LogP contribution in [0.1, 0.15) is 34.6 Å². The van der Waals surface area contributed by atoms with Gasteiger partial charge in [0.1, 0.15) is 0 Å². The van der Waals surface area contributed by atoms with Crippen LogP contribution < -0.4 is 5.73 Å². The van der Waals surface area contributed by atoms with Gasteiger partial charge in [0.25, 0.3) is 0 Å². The van der Waals surface area contributed by atoms with Gasteiger partial charge in [0, 0.05) is 12.1 Å². The monoisotopic (exact) mass is 260 g/mol. The SMILES string of the molecule is CC1(C)OCC(N)(CN(C(=O)O)C(C)(C)C)CO1. The van der Waals surface area contributed by atoms with Gasteiger partial charge in [-0.1, -0.05) is 0 Å². The van der Waals surface area contributed by atoms with Crippen LogP contribution in [-0.4, -0.2) is 52.7 Å². The van der Waals surface area contributed by atoms with Crippen LogP contribution in [0.15, 0.2) is 0 Å². The van der Waals surface area contributed by atoms with E-state index in [-0.39, 0.29) is 19.8 Å². The summed E-state index contributed by atoms with van der Waals surface area (Å²) in [6, 6.07) is 0. The molecule has 1 fully saturated rings. The van der Waals surface area contributed by atoms with Crippen molar-refractivity contribution in [2.45, 2.75) is 51.5 Å². The second-order valence-corrected chi connectivity index (χ2v) is 6.38. The van der Waals surface area contributed by atoms with Crippen molar-refractivity contribution in [2.75, 3.05) is 19.8 Å². The molecule has 1 aliphatic rings.